The van der Waals surface area contributed by atoms with Crippen molar-refractivity contribution >= 4 is 139 Å². The molecule has 0 unspecified atom stereocenters. The number of amides is 2. The van der Waals surface area contributed by atoms with Crippen LogP contribution in [0.4, 0.5) is 0 Å². The van der Waals surface area contributed by atoms with E-state index < -0.39 is 17.9 Å². The van der Waals surface area contributed by atoms with Gasteiger partial charge in [-0.3, -0.25) is 29.0 Å². The predicted molar refractivity (Wildman–Crippen MR) is 322 cm³/mol. The summed E-state index contributed by atoms with van der Waals surface area (Å²) in [6.07, 6.45) is 2.31. The van der Waals surface area contributed by atoms with Crippen LogP contribution < -0.4 is 5.73 Å². The Bertz CT molecular complexity index is 3300. The summed E-state index contributed by atoms with van der Waals surface area (Å²) in [6, 6.07) is 43.8. The first kappa shape index (κ1) is 63.3. The molecule has 2 amide bonds. The van der Waals surface area contributed by atoms with Gasteiger partial charge in [0.15, 0.2) is 12.0 Å². The highest BCUT2D eigenvalue weighted by Gasteiger charge is 2.32. The van der Waals surface area contributed by atoms with E-state index >= 15 is 0 Å². The maximum atomic E-state index is 12.8. The number of hydrogen-bond donors (Lipinski definition) is 4. The van der Waals surface area contributed by atoms with Gasteiger partial charge >= 0.3 is 17.9 Å². The molecule has 5 aromatic carbocycles. The fourth-order valence-electron chi connectivity index (χ4n) is 6.84. The first-order valence-corrected chi connectivity index (χ1v) is 26.9. The first-order chi connectivity index (χ1) is 37.3. The molecule has 402 valence electrons. The van der Waals surface area contributed by atoms with Crippen LogP contribution in [0, 0.1) is 20.8 Å². The number of aromatic carboxylic acids is 2. The molecule has 7 aromatic rings. The molecule has 21 heteroatoms. The average Bonchev–Trinajstić information content (AvgIpc) is 4.24. The number of halogens is 1. The van der Waals surface area contributed by atoms with Crippen LogP contribution in [0.5, 0.6) is 0 Å². The number of furan rings is 2. The minimum atomic E-state index is -0.980. The number of benzene rings is 5. The fourth-order valence-corrected chi connectivity index (χ4v) is 9.14. The summed E-state index contributed by atoms with van der Waals surface area (Å²) in [5, 5.41) is 25.3. The van der Waals surface area contributed by atoms with Gasteiger partial charge in [-0.15, -0.1) is 11.6 Å². The van der Waals surface area contributed by atoms with E-state index in [1.807, 2.05) is 72.8 Å². The molecule has 78 heavy (non-hydrogen) atoms. The topological polar surface area (TPSA) is 222 Å². The quantitative estimate of drug-likeness (QED) is 0.0386. The van der Waals surface area contributed by atoms with E-state index in [9.17, 15) is 28.8 Å². The van der Waals surface area contributed by atoms with E-state index in [2.05, 4.69) is 49.6 Å². The summed E-state index contributed by atoms with van der Waals surface area (Å²) in [7, 11) is 0. The predicted octanol–water partition coefficient (Wildman–Crippen LogP) is 12.9. The van der Waals surface area contributed by atoms with Crippen molar-refractivity contribution in [3.63, 3.8) is 0 Å². The van der Waals surface area contributed by atoms with Gasteiger partial charge in [0.05, 0.1) is 34.9 Å². The summed E-state index contributed by atoms with van der Waals surface area (Å²) in [4.78, 5) is 69.4. The van der Waals surface area contributed by atoms with Crippen molar-refractivity contribution in [1.29, 1.82) is 0 Å². The number of alkyl halides is 1. The molecule has 0 spiro atoms. The zero-order valence-corrected chi connectivity index (χ0v) is 47.6. The van der Waals surface area contributed by atoms with Gasteiger partial charge in [-0.1, -0.05) is 162 Å². The zero-order chi connectivity index (χ0) is 57.3. The van der Waals surface area contributed by atoms with Crippen LogP contribution >= 0.6 is 84.0 Å². The summed E-state index contributed by atoms with van der Waals surface area (Å²) in [5.74, 6) is -0.861. The number of aryl methyl sites for hydroxylation is 3. The SMILES string of the molecule is Cc1cccc(CN)c1.Cc1cccc(CN2C(=O)/C(=C/c3ccc(-c4ccc(C(=O)O)cc4)o3)SC2=S)c1.Cc1cccc(CN2C(=O)CSC2=S)c1.O=C(O)CCl.O=Cc1ccc(-c2ccc(C(=O)O)cc2)o1.S=C=S. The highest BCUT2D eigenvalue weighted by atomic mass is 35.5. The molecule has 0 aliphatic carbocycles. The number of thioether (sulfide) groups is 2. The van der Waals surface area contributed by atoms with E-state index in [1.165, 1.54) is 64.5 Å². The van der Waals surface area contributed by atoms with E-state index in [0.717, 1.165) is 27.8 Å². The molecule has 0 radical (unpaired) electrons. The summed E-state index contributed by atoms with van der Waals surface area (Å²) >= 11 is 25.9. The second kappa shape index (κ2) is 32.5. The molecule has 0 saturated carbocycles. The smallest absolute Gasteiger partial charge is 0.335 e. The van der Waals surface area contributed by atoms with E-state index in [1.54, 1.807) is 64.4 Å². The fraction of sp³-hybridized carbons (Fsp3) is 0.140. The molecule has 2 aliphatic rings. The Balaban J connectivity index is 0.000000231. The van der Waals surface area contributed by atoms with Gasteiger partial charge in [0.1, 0.15) is 31.8 Å². The van der Waals surface area contributed by atoms with E-state index in [-0.39, 0.29) is 34.6 Å². The van der Waals surface area contributed by atoms with Gasteiger partial charge in [-0.2, -0.15) is 0 Å². The summed E-state index contributed by atoms with van der Waals surface area (Å²) in [6.45, 7) is 7.80. The number of carbonyl (C=O) groups excluding carboxylic acids is 3. The minimum absolute atomic E-state index is 0.117. The normalized spacial score (nSPS) is 12.7. The molecule has 2 aromatic heterocycles. The number of aliphatic carboxylic acids is 1. The lowest BCUT2D eigenvalue weighted by Gasteiger charge is -2.14. The highest BCUT2D eigenvalue weighted by molar-refractivity contribution is 8.26. The summed E-state index contributed by atoms with van der Waals surface area (Å²) < 4.78 is 14.2. The second-order valence-corrected chi connectivity index (χ2v) is 20.6. The van der Waals surface area contributed by atoms with Gasteiger partial charge in [0.2, 0.25) is 5.91 Å². The first-order valence-electron chi connectivity index (χ1n) is 23.0. The van der Waals surface area contributed by atoms with Crippen molar-refractivity contribution in [3.8, 4) is 22.6 Å². The van der Waals surface area contributed by atoms with Crippen LogP contribution in [0.2, 0.25) is 0 Å². The Labute approximate surface area is 485 Å². The lowest BCUT2D eigenvalue weighted by molar-refractivity contribution is -0.134. The van der Waals surface area contributed by atoms with E-state index in [0.29, 0.717) is 62.5 Å². The summed E-state index contributed by atoms with van der Waals surface area (Å²) in [5.41, 5.74) is 14.3. The number of thiocarbonyl (C=S) groups is 4. The molecule has 5 N–H and O–H groups in total. The second-order valence-electron chi connectivity index (χ2n) is 16.4. The monoisotopic (exact) mass is 1180 g/mol. The van der Waals surface area contributed by atoms with Gasteiger partial charge in [-0.25, -0.2) is 9.59 Å². The third-order valence-corrected chi connectivity index (χ3v) is 13.5. The lowest BCUT2D eigenvalue weighted by atomic mass is 10.1. The van der Waals surface area contributed by atoms with Crippen molar-refractivity contribution in [2.75, 3.05) is 11.6 Å². The number of carboxylic acids is 3. The average molecular weight is 1180 g/mol. The molecule has 4 heterocycles. The molecule has 2 fully saturated rings. The number of rotatable bonds is 12. The molecular weight excluding hydrogens is 1130 g/mol. The standard InChI is InChI=1S/C23H17NO4S2.C12H8O4.C11H11NOS2.C8H11N.C2H3ClO2.CS2/c1-14-3-2-4-15(11-14)13-24-21(25)20(30-23(24)29)12-18-9-10-19(28-18)16-5-7-17(8-6-16)22(26)27;13-7-10-5-6-11(16-10)8-1-3-9(4-2-8)12(14)15;1-8-3-2-4-9(5-8)6-12-10(13)7-15-11(12)14;1-7-3-2-4-8(5-7)6-9;3-1-2(4)5;2-1-3/h2-12H,13H2,1H3,(H,26,27);1-7H,(H,14,15);2-5H,6-7H2,1H3;2-5H,6,9H2,1H3;1H2,(H,4,5);/b20-12-;;;;;. The van der Waals surface area contributed by atoms with Crippen LogP contribution in [0.25, 0.3) is 28.7 Å². The highest BCUT2D eigenvalue weighted by Crippen LogP contribution is 2.35. The Morgan fingerprint density at radius 3 is 1.45 bits per heavy atom. The number of carbonyl (C=O) groups is 6. The largest absolute Gasteiger partial charge is 0.480 e. The Morgan fingerprint density at radius 1 is 0.654 bits per heavy atom. The number of aldehydes is 1. The van der Waals surface area contributed by atoms with Crippen molar-refractivity contribution in [2.24, 2.45) is 5.73 Å². The van der Waals surface area contributed by atoms with Crippen LogP contribution in [-0.2, 0) is 34.0 Å². The van der Waals surface area contributed by atoms with Gasteiger partial charge in [-0.05, 0) is 110 Å². The Kier molecular flexibility index (Phi) is 26.4. The van der Waals surface area contributed by atoms with Gasteiger partial charge < -0.3 is 29.9 Å². The Morgan fingerprint density at radius 2 is 1.08 bits per heavy atom. The maximum absolute atomic E-state index is 12.8. The van der Waals surface area contributed by atoms with Crippen LogP contribution in [0.15, 0.2) is 159 Å². The molecule has 0 atom stereocenters. The minimum Gasteiger partial charge on any atom is -0.480 e. The number of hydrogen-bond acceptors (Lipinski definition) is 15. The maximum Gasteiger partial charge on any atom is 0.335 e. The van der Waals surface area contributed by atoms with Crippen LogP contribution in [0.3, 0.4) is 0 Å². The third-order valence-electron chi connectivity index (χ3n) is 10.5. The number of nitrogens with two attached hydrogens (primary N) is 1. The molecule has 2 aliphatic heterocycles. The van der Waals surface area contributed by atoms with Gasteiger partial charge in [0, 0.05) is 28.1 Å². The third kappa shape index (κ3) is 20.6. The molecule has 14 nitrogen and oxygen atoms in total. The van der Waals surface area contributed by atoms with Crippen molar-refractivity contribution in [1.82, 2.24) is 9.80 Å². The van der Waals surface area contributed by atoms with Crippen LogP contribution in [-0.4, -0.2) is 85.7 Å². The molecule has 9 rings (SSSR count). The van der Waals surface area contributed by atoms with Crippen molar-refractivity contribution in [2.45, 2.75) is 40.4 Å². The molecule has 2 saturated heterocycles. The zero-order valence-electron chi connectivity index (χ0n) is 42.0. The molecule has 0 bridgehead atoms. The number of carboxylic acid groups (broad SMARTS) is 3. The Hall–Kier alpha value is -7.23. The van der Waals surface area contributed by atoms with Gasteiger partial charge in [0.25, 0.3) is 5.91 Å². The van der Waals surface area contributed by atoms with Crippen LogP contribution in [0.1, 0.15) is 70.4 Å². The lowest BCUT2D eigenvalue weighted by Crippen LogP contribution is -2.27. The van der Waals surface area contributed by atoms with Crippen molar-refractivity contribution < 1.29 is 52.9 Å². The van der Waals surface area contributed by atoms with E-state index in [4.69, 9.17) is 65.9 Å². The van der Waals surface area contributed by atoms with Crippen molar-refractivity contribution in [3.05, 3.63) is 207 Å². The molecular formula is C57H50ClN3O11S6. The number of nitrogens with zero attached hydrogens (tertiary/aromatic N) is 2.